The van der Waals surface area contributed by atoms with Crippen LogP contribution in [0, 0.1) is 6.92 Å². The predicted octanol–water partition coefficient (Wildman–Crippen LogP) is 3.25. The van der Waals surface area contributed by atoms with Gasteiger partial charge in [-0.1, -0.05) is 0 Å². The van der Waals surface area contributed by atoms with Gasteiger partial charge >= 0.3 is 5.97 Å². The lowest BCUT2D eigenvalue weighted by Gasteiger charge is -2.10. The molecule has 2 aromatic rings. The van der Waals surface area contributed by atoms with Crippen molar-refractivity contribution >= 4 is 23.1 Å². The molecule has 0 aliphatic heterocycles. The Bertz CT molecular complexity index is 664. The topological polar surface area (TPSA) is 62.2 Å². The molecule has 104 valence electrons. The van der Waals surface area contributed by atoms with E-state index in [9.17, 15) is 9.90 Å². The Hall–Kier alpha value is -1.88. The zero-order valence-corrected chi connectivity index (χ0v) is 12.1. The van der Waals surface area contributed by atoms with Gasteiger partial charge in [-0.15, -0.1) is 11.3 Å². The highest BCUT2D eigenvalue weighted by molar-refractivity contribution is 7.11. The van der Waals surface area contributed by atoms with Crippen molar-refractivity contribution < 1.29 is 9.90 Å². The largest absolute Gasteiger partial charge is 0.478 e. The van der Waals surface area contributed by atoms with E-state index in [1.54, 1.807) is 17.4 Å². The molecule has 20 heavy (non-hydrogen) atoms. The number of hydrogen-bond donors (Lipinski definition) is 2. The van der Waals surface area contributed by atoms with Crippen molar-refractivity contribution in [3.63, 3.8) is 0 Å². The van der Waals surface area contributed by atoms with E-state index < -0.39 is 5.97 Å². The van der Waals surface area contributed by atoms with E-state index in [1.807, 2.05) is 0 Å². The first kappa shape index (κ1) is 13.1. The van der Waals surface area contributed by atoms with Crippen molar-refractivity contribution in [2.75, 3.05) is 5.32 Å². The van der Waals surface area contributed by atoms with Gasteiger partial charge in [0.15, 0.2) is 0 Å². The Balaban J connectivity index is 1.86. The van der Waals surface area contributed by atoms with E-state index in [0.29, 0.717) is 12.4 Å². The van der Waals surface area contributed by atoms with Crippen LogP contribution < -0.4 is 5.32 Å². The Kier molecular flexibility index (Phi) is 3.44. The number of hydrogen-bond acceptors (Lipinski definition) is 4. The second-order valence-electron chi connectivity index (χ2n) is 5.01. The van der Waals surface area contributed by atoms with Crippen LogP contribution in [-0.2, 0) is 19.4 Å². The molecule has 3 rings (SSSR count). The van der Waals surface area contributed by atoms with Gasteiger partial charge in [0.2, 0.25) is 0 Å². The van der Waals surface area contributed by atoms with E-state index in [0.717, 1.165) is 30.5 Å². The molecule has 0 saturated heterocycles. The number of aromatic nitrogens is 1. The zero-order chi connectivity index (χ0) is 14.1. The first-order valence-corrected chi connectivity index (χ1v) is 7.50. The van der Waals surface area contributed by atoms with Gasteiger partial charge in [-0.3, -0.25) is 0 Å². The van der Waals surface area contributed by atoms with Gasteiger partial charge in [0.25, 0.3) is 0 Å². The molecule has 5 heteroatoms. The fourth-order valence-corrected chi connectivity index (χ4v) is 3.35. The average Bonchev–Trinajstić information content (AvgIpc) is 3.03. The summed E-state index contributed by atoms with van der Waals surface area (Å²) in [5.41, 5.74) is 2.40. The number of anilines is 1. The normalized spacial score (nSPS) is 13.2. The predicted molar refractivity (Wildman–Crippen MR) is 79.6 cm³/mol. The fraction of sp³-hybridized carbons (Fsp3) is 0.333. The summed E-state index contributed by atoms with van der Waals surface area (Å²) < 4.78 is 0. The number of pyridine rings is 1. The van der Waals surface area contributed by atoms with Crippen molar-refractivity contribution in [2.24, 2.45) is 0 Å². The van der Waals surface area contributed by atoms with Crippen LogP contribution in [0.3, 0.4) is 0 Å². The van der Waals surface area contributed by atoms with E-state index in [1.165, 1.54) is 9.75 Å². The molecule has 0 spiro atoms. The number of carbonyl (C=O) groups is 1. The van der Waals surface area contributed by atoms with E-state index in [2.05, 4.69) is 29.4 Å². The molecule has 0 radical (unpaired) electrons. The summed E-state index contributed by atoms with van der Waals surface area (Å²) in [6, 6.07) is 5.90. The summed E-state index contributed by atoms with van der Waals surface area (Å²) in [5.74, 6) is -0.429. The monoisotopic (exact) mass is 288 g/mol. The Morgan fingerprint density at radius 1 is 1.45 bits per heavy atom. The molecule has 2 aromatic heterocycles. The number of nitrogens with one attached hydrogen (secondary N) is 1. The smallest absolute Gasteiger partial charge is 0.339 e. The number of rotatable bonds is 4. The minimum absolute atomic E-state index is 0.277. The molecule has 0 saturated carbocycles. The first-order chi connectivity index (χ1) is 9.63. The van der Waals surface area contributed by atoms with Gasteiger partial charge in [-0.05, 0) is 49.9 Å². The molecule has 0 amide bonds. The maximum Gasteiger partial charge on any atom is 0.339 e. The minimum Gasteiger partial charge on any atom is -0.478 e. The van der Waals surface area contributed by atoms with Crippen molar-refractivity contribution in [3.05, 3.63) is 44.8 Å². The highest BCUT2D eigenvalue weighted by Crippen LogP contribution is 2.26. The molecule has 2 N–H and O–H groups in total. The molecule has 2 heterocycles. The zero-order valence-electron chi connectivity index (χ0n) is 11.3. The van der Waals surface area contributed by atoms with Crippen LogP contribution in [0.4, 0.5) is 5.82 Å². The van der Waals surface area contributed by atoms with Crippen LogP contribution in [0.15, 0.2) is 18.2 Å². The molecule has 0 unspecified atom stereocenters. The van der Waals surface area contributed by atoms with Crippen molar-refractivity contribution in [1.82, 2.24) is 4.98 Å². The van der Waals surface area contributed by atoms with Crippen LogP contribution in [0.25, 0.3) is 0 Å². The molecule has 0 fully saturated rings. The summed E-state index contributed by atoms with van der Waals surface area (Å²) >= 11 is 1.71. The van der Waals surface area contributed by atoms with Gasteiger partial charge in [0.05, 0.1) is 6.54 Å². The molecule has 0 bridgehead atoms. The highest BCUT2D eigenvalue weighted by Gasteiger charge is 2.19. The number of nitrogens with zero attached hydrogens (tertiary/aromatic N) is 1. The van der Waals surface area contributed by atoms with E-state index in [4.69, 9.17) is 0 Å². The van der Waals surface area contributed by atoms with E-state index >= 15 is 0 Å². The lowest BCUT2D eigenvalue weighted by molar-refractivity contribution is 0.0697. The van der Waals surface area contributed by atoms with Gasteiger partial charge in [0, 0.05) is 15.4 Å². The third-order valence-electron chi connectivity index (χ3n) is 3.51. The number of fused-ring (bicyclic) bond motifs is 1. The highest BCUT2D eigenvalue weighted by atomic mass is 32.1. The van der Waals surface area contributed by atoms with Crippen molar-refractivity contribution in [2.45, 2.75) is 32.7 Å². The Labute approximate surface area is 121 Å². The van der Waals surface area contributed by atoms with Gasteiger partial charge in [-0.25, -0.2) is 9.78 Å². The third-order valence-corrected chi connectivity index (χ3v) is 4.51. The lowest BCUT2D eigenvalue weighted by atomic mass is 10.1. The SMILES string of the molecule is Cc1ccc(CNc2nc3c(cc2C(=O)O)CCC3)s1. The second-order valence-corrected chi connectivity index (χ2v) is 6.39. The molecular formula is C15H16N2O2S. The van der Waals surface area contributed by atoms with Crippen molar-refractivity contribution in [3.8, 4) is 0 Å². The van der Waals surface area contributed by atoms with Gasteiger partial charge in [-0.2, -0.15) is 0 Å². The maximum absolute atomic E-state index is 11.4. The summed E-state index contributed by atoms with van der Waals surface area (Å²) in [5, 5.41) is 12.5. The number of carboxylic acids is 1. The molecule has 1 aliphatic carbocycles. The first-order valence-electron chi connectivity index (χ1n) is 6.69. The molecule has 0 aromatic carbocycles. The standard InChI is InChI=1S/C15H16N2O2S/c1-9-5-6-11(20-9)8-16-14-12(15(18)19)7-10-3-2-4-13(10)17-14/h5-7H,2-4,8H2,1H3,(H,16,17)(H,18,19). The Morgan fingerprint density at radius 3 is 3.00 bits per heavy atom. The summed E-state index contributed by atoms with van der Waals surface area (Å²) in [4.78, 5) is 18.3. The molecular weight excluding hydrogens is 272 g/mol. The quantitative estimate of drug-likeness (QED) is 0.906. The second kappa shape index (κ2) is 5.25. The maximum atomic E-state index is 11.4. The number of aromatic carboxylic acids is 1. The van der Waals surface area contributed by atoms with Crippen LogP contribution in [-0.4, -0.2) is 16.1 Å². The number of carboxylic acid groups (broad SMARTS) is 1. The van der Waals surface area contributed by atoms with Crippen molar-refractivity contribution in [1.29, 1.82) is 0 Å². The molecule has 1 aliphatic rings. The molecule has 0 atom stereocenters. The van der Waals surface area contributed by atoms with Gasteiger partial charge in [0.1, 0.15) is 11.4 Å². The third kappa shape index (κ3) is 2.54. The number of thiophene rings is 1. The summed E-state index contributed by atoms with van der Waals surface area (Å²) in [6.45, 7) is 2.68. The summed E-state index contributed by atoms with van der Waals surface area (Å²) in [6.07, 6.45) is 2.95. The number of aryl methyl sites for hydroxylation is 3. The lowest BCUT2D eigenvalue weighted by Crippen LogP contribution is -2.10. The van der Waals surface area contributed by atoms with Crippen LogP contribution >= 0.6 is 11.3 Å². The fourth-order valence-electron chi connectivity index (χ4n) is 2.52. The minimum atomic E-state index is -0.919. The molecule has 4 nitrogen and oxygen atoms in total. The van der Waals surface area contributed by atoms with E-state index in [-0.39, 0.29) is 5.56 Å². The summed E-state index contributed by atoms with van der Waals surface area (Å²) in [7, 11) is 0. The van der Waals surface area contributed by atoms with Crippen LogP contribution in [0.1, 0.15) is 37.8 Å². The van der Waals surface area contributed by atoms with Crippen LogP contribution in [0.5, 0.6) is 0 Å². The average molecular weight is 288 g/mol. The van der Waals surface area contributed by atoms with Crippen LogP contribution in [0.2, 0.25) is 0 Å². The van der Waals surface area contributed by atoms with Gasteiger partial charge < -0.3 is 10.4 Å². The Morgan fingerprint density at radius 2 is 2.30 bits per heavy atom.